The molecule has 172 valence electrons. The Morgan fingerprint density at radius 1 is 1.18 bits per heavy atom. The second kappa shape index (κ2) is 9.85. The van der Waals surface area contributed by atoms with E-state index < -0.39 is 23.7 Å². The number of carbonyl (C=O) groups is 3. The lowest BCUT2D eigenvalue weighted by Gasteiger charge is -2.32. The molecule has 2 aromatic carbocycles. The van der Waals surface area contributed by atoms with E-state index in [1.807, 2.05) is 30.5 Å². The number of methoxy groups -OCH3 is 1. The van der Waals surface area contributed by atoms with Gasteiger partial charge in [0.2, 0.25) is 5.91 Å². The van der Waals surface area contributed by atoms with Crippen LogP contribution >= 0.6 is 0 Å². The van der Waals surface area contributed by atoms with E-state index in [4.69, 9.17) is 4.74 Å². The third-order valence-corrected chi connectivity index (χ3v) is 6.07. The van der Waals surface area contributed by atoms with E-state index in [9.17, 15) is 18.8 Å². The smallest absolute Gasteiger partial charge is 0.328 e. The zero-order valence-corrected chi connectivity index (χ0v) is 18.3. The maximum absolute atomic E-state index is 13.2. The van der Waals surface area contributed by atoms with Gasteiger partial charge in [0.15, 0.2) is 0 Å². The number of amides is 2. The number of para-hydroxylation sites is 1. The Morgan fingerprint density at radius 3 is 2.70 bits per heavy atom. The van der Waals surface area contributed by atoms with Crippen LogP contribution in [0.3, 0.4) is 0 Å². The normalized spacial score (nSPS) is 16.9. The number of likely N-dealkylation sites (tertiary alicyclic amines) is 1. The van der Waals surface area contributed by atoms with Crippen LogP contribution in [0.15, 0.2) is 54.7 Å². The average Bonchev–Trinajstić information content (AvgIpc) is 3.26. The Balaban J connectivity index is 1.44. The van der Waals surface area contributed by atoms with Crippen LogP contribution in [0.1, 0.15) is 28.8 Å². The Bertz CT molecular complexity index is 1160. The molecule has 1 aliphatic rings. The van der Waals surface area contributed by atoms with Crippen LogP contribution in [0.4, 0.5) is 4.39 Å². The van der Waals surface area contributed by atoms with Crippen LogP contribution < -0.4 is 5.32 Å². The number of nitrogens with zero attached hydrogens (tertiary/aromatic N) is 1. The number of hydrogen-bond donors (Lipinski definition) is 2. The lowest BCUT2D eigenvalue weighted by Crippen LogP contribution is -2.50. The number of halogens is 1. The van der Waals surface area contributed by atoms with Gasteiger partial charge in [-0.1, -0.05) is 18.2 Å². The van der Waals surface area contributed by atoms with Crippen LogP contribution in [-0.2, 0) is 20.7 Å². The van der Waals surface area contributed by atoms with Crippen molar-refractivity contribution < 1.29 is 23.5 Å². The van der Waals surface area contributed by atoms with Crippen LogP contribution in [-0.4, -0.2) is 53.9 Å². The highest BCUT2D eigenvalue weighted by atomic mass is 19.1. The van der Waals surface area contributed by atoms with E-state index in [1.54, 1.807) is 4.90 Å². The fourth-order valence-corrected chi connectivity index (χ4v) is 4.30. The monoisotopic (exact) mass is 451 g/mol. The first kappa shape index (κ1) is 22.5. The zero-order valence-electron chi connectivity index (χ0n) is 18.3. The van der Waals surface area contributed by atoms with Crippen molar-refractivity contribution in [2.24, 2.45) is 5.92 Å². The Labute approximate surface area is 190 Å². The summed E-state index contributed by atoms with van der Waals surface area (Å²) in [6.07, 6.45) is 3.39. The average molecular weight is 451 g/mol. The number of piperidine rings is 1. The van der Waals surface area contributed by atoms with Crippen molar-refractivity contribution in [2.45, 2.75) is 25.3 Å². The molecular formula is C25H26FN3O4. The van der Waals surface area contributed by atoms with Gasteiger partial charge in [0.1, 0.15) is 11.9 Å². The number of esters is 1. The minimum Gasteiger partial charge on any atom is -0.467 e. The molecule has 0 aliphatic carbocycles. The molecule has 2 heterocycles. The second-order valence-electron chi connectivity index (χ2n) is 8.25. The molecule has 4 rings (SSSR count). The van der Waals surface area contributed by atoms with Gasteiger partial charge in [-0.15, -0.1) is 0 Å². The first-order valence-corrected chi connectivity index (χ1v) is 10.9. The minimum absolute atomic E-state index is 0.239. The standard InChI is InChI=1S/C25H26FN3O4/c1-33-25(32)22(13-18-14-27-21-7-3-2-6-20(18)21)28-23(30)17-5-4-12-29(15-17)24(31)16-8-10-19(26)11-9-16/h2-3,6-11,14,17,22,27H,4-5,12-13,15H2,1H3,(H,28,30)/t17?,22-/m1/s1. The zero-order chi connectivity index (χ0) is 23.4. The summed E-state index contributed by atoms with van der Waals surface area (Å²) in [5.41, 5.74) is 2.23. The van der Waals surface area contributed by atoms with Gasteiger partial charge in [-0.05, 0) is 48.7 Å². The molecule has 0 radical (unpaired) electrons. The van der Waals surface area contributed by atoms with Gasteiger partial charge >= 0.3 is 5.97 Å². The number of ether oxygens (including phenoxy) is 1. The lowest BCUT2D eigenvalue weighted by atomic mass is 9.95. The third-order valence-electron chi connectivity index (χ3n) is 6.07. The highest BCUT2D eigenvalue weighted by molar-refractivity contribution is 5.95. The molecule has 2 atom stereocenters. The molecule has 33 heavy (non-hydrogen) atoms. The quantitative estimate of drug-likeness (QED) is 0.564. The third kappa shape index (κ3) is 5.05. The molecule has 0 spiro atoms. The number of nitrogens with one attached hydrogen (secondary N) is 2. The maximum Gasteiger partial charge on any atom is 0.328 e. The van der Waals surface area contributed by atoms with Crippen molar-refractivity contribution in [1.29, 1.82) is 0 Å². The number of benzene rings is 2. The second-order valence-corrected chi connectivity index (χ2v) is 8.25. The van der Waals surface area contributed by atoms with Crippen molar-refractivity contribution in [1.82, 2.24) is 15.2 Å². The summed E-state index contributed by atoms with van der Waals surface area (Å²) in [5.74, 6) is -1.91. The summed E-state index contributed by atoms with van der Waals surface area (Å²) < 4.78 is 18.1. The van der Waals surface area contributed by atoms with E-state index in [1.165, 1.54) is 31.4 Å². The number of aromatic amines is 1. The number of hydrogen-bond acceptors (Lipinski definition) is 4. The van der Waals surface area contributed by atoms with Crippen molar-refractivity contribution in [3.05, 3.63) is 71.7 Å². The van der Waals surface area contributed by atoms with Gasteiger partial charge < -0.3 is 19.9 Å². The van der Waals surface area contributed by atoms with E-state index in [2.05, 4.69) is 10.3 Å². The van der Waals surface area contributed by atoms with Gasteiger partial charge in [-0.3, -0.25) is 9.59 Å². The Kier molecular flexibility index (Phi) is 6.72. The van der Waals surface area contributed by atoms with Crippen molar-refractivity contribution in [2.75, 3.05) is 20.2 Å². The lowest BCUT2D eigenvalue weighted by molar-refractivity contribution is -0.145. The Morgan fingerprint density at radius 2 is 1.94 bits per heavy atom. The summed E-state index contributed by atoms with van der Waals surface area (Å²) in [5, 5.41) is 3.81. The summed E-state index contributed by atoms with van der Waals surface area (Å²) in [6.45, 7) is 0.763. The van der Waals surface area contributed by atoms with Crippen LogP contribution in [0, 0.1) is 11.7 Å². The van der Waals surface area contributed by atoms with Crippen LogP contribution in [0.25, 0.3) is 10.9 Å². The van der Waals surface area contributed by atoms with E-state index >= 15 is 0 Å². The van der Waals surface area contributed by atoms with E-state index in [0.717, 1.165) is 16.5 Å². The van der Waals surface area contributed by atoms with Crippen molar-refractivity contribution in [3.63, 3.8) is 0 Å². The fraction of sp³-hybridized carbons (Fsp3) is 0.320. The summed E-state index contributed by atoms with van der Waals surface area (Å²) in [4.78, 5) is 43.1. The van der Waals surface area contributed by atoms with E-state index in [-0.39, 0.29) is 24.8 Å². The van der Waals surface area contributed by atoms with Crippen molar-refractivity contribution in [3.8, 4) is 0 Å². The molecule has 1 fully saturated rings. The highest BCUT2D eigenvalue weighted by Gasteiger charge is 2.32. The molecule has 0 saturated carbocycles. The molecular weight excluding hydrogens is 425 g/mol. The molecule has 7 nitrogen and oxygen atoms in total. The van der Waals surface area contributed by atoms with Gasteiger partial charge in [-0.25, -0.2) is 9.18 Å². The SMILES string of the molecule is COC(=O)[C@@H](Cc1c[nH]c2ccccc12)NC(=O)C1CCCN(C(=O)c2ccc(F)cc2)C1. The number of aromatic nitrogens is 1. The number of carbonyl (C=O) groups excluding carboxylic acids is 3. The Hall–Kier alpha value is -3.68. The molecule has 2 N–H and O–H groups in total. The topological polar surface area (TPSA) is 91.5 Å². The molecule has 1 saturated heterocycles. The van der Waals surface area contributed by atoms with Crippen molar-refractivity contribution >= 4 is 28.7 Å². The van der Waals surface area contributed by atoms with Crippen LogP contribution in [0.2, 0.25) is 0 Å². The molecule has 1 unspecified atom stereocenters. The van der Waals surface area contributed by atoms with Gasteiger partial charge in [0, 0.05) is 42.2 Å². The molecule has 2 amide bonds. The van der Waals surface area contributed by atoms with E-state index in [0.29, 0.717) is 24.9 Å². The predicted molar refractivity (Wildman–Crippen MR) is 121 cm³/mol. The molecule has 1 aromatic heterocycles. The van der Waals surface area contributed by atoms with Crippen LogP contribution in [0.5, 0.6) is 0 Å². The van der Waals surface area contributed by atoms with Gasteiger partial charge in [-0.2, -0.15) is 0 Å². The largest absolute Gasteiger partial charge is 0.467 e. The summed E-state index contributed by atoms with van der Waals surface area (Å²) >= 11 is 0. The molecule has 0 bridgehead atoms. The maximum atomic E-state index is 13.2. The highest BCUT2D eigenvalue weighted by Crippen LogP contribution is 2.22. The fourth-order valence-electron chi connectivity index (χ4n) is 4.30. The number of rotatable bonds is 6. The summed E-state index contributed by atoms with van der Waals surface area (Å²) in [6, 6.07) is 12.3. The number of fused-ring (bicyclic) bond motifs is 1. The first-order valence-electron chi connectivity index (χ1n) is 10.9. The first-order chi connectivity index (χ1) is 16.0. The van der Waals surface area contributed by atoms with Gasteiger partial charge in [0.25, 0.3) is 5.91 Å². The molecule has 3 aromatic rings. The molecule has 8 heteroatoms. The minimum atomic E-state index is -0.843. The number of H-pyrrole nitrogens is 1. The van der Waals surface area contributed by atoms with Gasteiger partial charge in [0.05, 0.1) is 13.0 Å². The predicted octanol–water partition coefficient (Wildman–Crippen LogP) is 3.06. The summed E-state index contributed by atoms with van der Waals surface area (Å²) in [7, 11) is 1.29. The molecule has 1 aliphatic heterocycles.